The lowest BCUT2D eigenvalue weighted by Crippen LogP contribution is -2.46. The standard InChI is InChI=1S/C25H26N4O6S2/c1-4-33-21-15-17(10-11-20(21)35-13-12-34-18-8-6-5-7-9-18)14-19-22(26)29-24(27-23(19)30)36-28-25(29)37(31,32)16(2)3/h5-11,14-16,26H,4,12-13H2,1-3H3/b19-14-,26-22?. The van der Waals surface area contributed by atoms with Crippen molar-refractivity contribution < 1.29 is 27.4 Å². The first-order valence-corrected chi connectivity index (χ1v) is 13.8. The third-order valence-electron chi connectivity index (χ3n) is 5.30. The molecule has 2 aromatic rings. The molecular formula is C25H26N4O6S2. The van der Waals surface area contributed by atoms with E-state index >= 15 is 0 Å². The average molecular weight is 543 g/mol. The van der Waals surface area contributed by atoms with Gasteiger partial charge in [-0.05, 0) is 56.7 Å². The average Bonchev–Trinajstić information content (AvgIpc) is 3.31. The summed E-state index contributed by atoms with van der Waals surface area (Å²) in [5.41, 5.74) is 0.491. The minimum absolute atomic E-state index is 0.0443. The molecule has 0 aromatic heterocycles. The first-order chi connectivity index (χ1) is 17.7. The number of hydrogen-bond acceptors (Lipinski definition) is 9. The van der Waals surface area contributed by atoms with Gasteiger partial charge >= 0.3 is 0 Å². The van der Waals surface area contributed by atoms with E-state index in [1.807, 2.05) is 37.3 Å². The summed E-state index contributed by atoms with van der Waals surface area (Å²) in [6.07, 6.45) is 1.47. The summed E-state index contributed by atoms with van der Waals surface area (Å²) in [7, 11) is -3.79. The first kappa shape index (κ1) is 26.4. The number of nitrogens with one attached hydrogen (secondary N) is 1. The highest BCUT2D eigenvalue weighted by atomic mass is 32.2. The Labute approximate surface area is 219 Å². The van der Waals surface area contributed by atoms with Crippen molar-refractivity contribution in [1.29, 1.82) is 5.41 Å². The summed E-state index contributed by atoms with van der Waals surface area (Å²) in [6.45, 7) is 5.90. The van der Waals surface area contributed by atoms with Crippen LogP contribution in [-0.2, 0) is 14.6 Å². The van der Waals surface area contributed by atoms with Crippen LogP contribution in [0.15, 0.2) is 63.5 Å². The maximum atomic E-state index is 12.7. The van der Waals surface area contributed by atoms with Crippen molar-refractivity contribution in [1.82, 2.24) is 4.90 Å². The van der Waals surface area contributed by atoms with Crippen molar-refractivity contribution >= 4 is 49.9 Å². The largest absolute Gasteiger partial charge is 0.490 e. The van der Waals surface area contributed by atoms with Gasteiger partial charge < -0.3 is 14.2 Å². The monoisotopic (exact) mass is 542 g/mol. The van der Waals surface area contributed by atoms with E-state index in [2.05, 4.69) is 9.39 Å². The molecule has 10 nitrogen and oxygen atoms in total. The molecule has 194 valence electrons. The molecule has 37 heavy (non-hydrogen) atoms. The fraction of sp³-hybridized carbons (Fsp3) is 0.280. The molecule has 2 heterocycles. The van der Waals surface area contributed by atoms with E-state index in [4.69, 9.17) is 19.6 Å². The second-order valence-corrected chi connectivity index (χ2v) is 11.3. The summed E-state index contributed by atoms with van der Waals surface area (Å²) in [4.78, 5) is 17.8. The predicted octanol–water partition coefficient (Wildman–Crippen LogP) is 3.94. The van der Waals surface area contributed by atoms with E-state index in [1.165, 1.54) is 19.9 Å². The number of aliphatic imine (C=N–C) groups is 1. The number of carbonyl (C=O) groups excluding carboxylic acids is 1. The van der Waals surface area contributed by atoms with Crippen molar-refractivity contribution in [3.63, 3.8) is 0 Å². The van der Waals surface area contributed by atoms with Gasteiger partial charge in [-0.15, -0.1) is 0 Å². The van der Waals surface area contributed by atoms with E-state index in [0.29, 0.717) is 30.3 Å². The van der Waals surface area contributed by atoms with Crippen molar-refractivity contribution in [2.75, 3.05) is 19.8 Å². The van der Waals surface area contributed by atoms with Gasteiger partial charge in [-0.2, -0.15) is 9.39 Å². The van der Waals surface area contributed by atoms with E-state index in [-0.39, 0.29) is 28.4 Å². The Balaban J connectivity index is 1.53. The van der Waals surface area contributed by atoms with E-state index in [0.717, 1.165) is 22.6 Å². The van der Waals surface area contributed by atoms with Crippen molar-refractivity contribution in [2.24, 2.45) is 9.39 Å². The minimum atomic E-state index is -3.79. The van der Waals surface area contributed by atoms with Crippen molar-refractivity contribution in [3.8, 4) is 17.2 Å². The van der Waals surface area contributed by atoms with Gasteiger partial charge in [-0.3, -0.25) is 10.2 Å². The van der Waals surface area contributed by atoms with Crippen LogP contribution in [0.3, 0.4) is 0 Å². The van der Waals surface area contributed by atoms with Gasteiger partial charge in [0, 0.05) is 0 Å². The number of para-hydroxylation sites is 1. The molecule has 0 saturated carbocycles. The molecule has 2 aromatic carbocycles. The molecular weight excluding hydrogens is 516 g/mol. The molecule has 2 aliphatic rings. The number of hydrogen-bond donors (Lipinski definition) is 1. The Hall–Kier alpha value is -3.64. The number of benzene rings is 2. The molecule has 0 bridgehead atoms. The number of ether oxygens (including phenoxy) is 3. The van der Waals surface area contributed by atoms with Crippen molar-refractivity contribution in [2.45, 2.75) is 26.0 Å². The Morgan fingerprint density at radius 1 is 1.05 bits per heavy atom. The Morgan fingerprint density at radius 2 is 1.78 bits per heavy atom. The highest BCUT2D eigenvalue weighted by Gasteiger charge is 2.43. The number of fused-ring (bicyclic) bond motifs is 1. The van der Waals surface area contributed by atoms with Crippen LogP contribution >= 0.6 is 11.9 Å². The Kier molecular flexibility index (Phi) is 7.98. The number of nitrogens with zero attached hydrogens (tertiary/aromatic N) is 3. The van der Waals surface area contributed by atoms with E-state index in [9.17, 15) is 13.2 Å². The molecule has 0 radical (unpaired) electrons. The molecule has 4 rings (SSSR count). The van der Waals surface area contributed by atoms with Crippen LogP contribution in [0.5, 0.6) is 17.2 Å². The number of sulfone groups is 1. The van der Waals surface area contributed by atoms with Crippen LogP contribution in [0, 0.1) is 5.41 Å². The van der Waals surface area contributed by atoms with E-state index < -0.39 is 21.0 Å². The zero-order valence-electron chi connectivity index (χ0n) is 20.5. The first-order valence-electron chi connectivity index (χ1n) is 11.5. The van der Waals surface area contributed by atoms with Crippen LogP contribution < -0.4 is 14.2 Å². The molecule has 2 aliphatic heterocycles. The second-order valence-electron chi connectivity index (χ2n) is 8.15. The molecule has 0 saturated heterocycles. The number of amides is 1. The lowest BCUT2D eigenvalue weighted by atomic mass is 10.1. The molecule has 1 amide bonds. The number of amidine groups is 3. The third kappa shape index (κ3) is 5.70. The third-order valence-corrected chi connectivity index (χ3v) is 8.14. The fourth-order valence-electron chi connectivity index (χ4n) is 3.39. The van der Waals surface area contributed by atoms with Gasteiger partial charge in [0.05, 0.1) is 29.4 Å². The van der Waals surface area contributed by atoms with Gasteiger partial charge in [-0.1, -0.05) is 24.3 Å². The maximum Gasteiger partial charge on any atom is 0.283 e. The molecule has 0 unspecified atom stereocenters. The topological polar surface area (TPSA) is 131 Å². The molecule has 0 spiro atoms. The van der Waals surface area contributed by atoms with Crippen LogP contribution in [0.2, 0.25) is 0 Å². The van der Waals surface area contributed by atoms with E-state index in [1.54, 1.807) is 18.2 Å². The summed E-state index contributed by atoms with van der Waals surface area (Å²) in [6, 6.07) is 14.5. The molecule has 0 fully saturated rings. The van der Waals surface area contributed by atoms with Gasteiger partial charge in [0.15, 0.2) is 11.5 Å². The van der Waals surface area contributed by atoms with Crippen LogP contribution in [0.4, 0.5) is 0 Å². The van der Waals surface area contributed by atoms with Gasteiger partial charge in [0.25, 0.3) is 5.91 Å². The van der Waals surface area contributed by atoms with Crippen LogP contribution in [-0.4, -0.2) is 60.5 Å². The summed E-state index contributed by atoms with van der Waals surface area (Å²) in [5, 5.41) is 7.59. The van der Waals surface area contributed by atoms with Gasteiger partial charge in [0.2, 0.25) is 20.2 Å². The minimum Gasteiger partial charge on any atom is -0.490 e. The van der Waals surface area contributed by atoms with Gasteiger partial charge in [-0.25, -0.2) is 13.3 Å². The summed E-state index contributed by atoms with van der Waals surface area (Å²) >= 11 is 0.763. The zero-order chi connectivity index (χ0) is 26.6. The SMILES string of the molecule is CCOc1cc(/C=C2/C(=N)N3C(=NC2=O)SN=C3S(=O)(=O)C(C)C)ccc1OCCOc1ccccc1. The lowest BCUT2D eigenvalue weighted by molar-refractivity contribution is -0.114. The Morgan fingerprint density at radius 3 is 2.49 bits per heavy atom. The molecule has 12 heteroatoms. The highest BCUT2D eigenvalue weighted by molar-refractivity contribution is 8.16. The smallest absolute Gasteiger partial charge is 0.283 e. The quantitative estimate of drug-likeness (QED) is 0.286. The highest BCUT2D eigenvalue weighted by Crippen LogP contribution is 2.33. The fourth-order valence-corrected chi connectivity index (χ4v) is 5.45. The van der Waals surface area contributed by atoms with Crippen molar-refractivity contribution in [3.05, 3.63) is 59.7 Å². The summed E-state index contributed by atoms with van der Waals surface area (Å²) in [5.74, 6) is 0.739. The van der Waals surface area contributed by atoms with Crippen LogP contribution in [0.1, 0.15) is 26.3 Å². The molecule has 1 N–H and O–H groups in total. The Bertz CT molecular complexity index is 1400. The normalized spacial score (nSPS) is 16.5. The van der Waals surface area contributed by atoms with Gasteiger partial charge in [0.1, 0.15) is 24.8 Å². The van der Waals surface area contributed by atoms with Crippen LogP contribution in [0.25, 0.3) is 6.08 Å². The molecule has 0 atom stereocenters. The molecule has 0 aliphatic carbocycles. The maximum absolute atomic E-state index is 12.7. The number of carbonyl (C=O) groups is 1. The second kappa shape index (κ2) is 11.2. The lowest BCUT2D eigenvalue weighted by Gasteiger charge is -2.25. The predicted molar refractivity (Wildman–Crippen MR) is 144 cm³/mol. The number of rotatable bonds is 9. The zero-order valence-corrected chi connectivity index (χ0v) is 22.1. The summed E-state index contributed by atoms with van der Waals surface area (Å²) < 4.78 is 46.7.